The van der Waals surface area contributed by atoms with Crippen LogP contribution in [-0.2, 0) is 0 Å². The highest BCUT2D eigenvalue weighted by Gasteiger charge is 2.09. The number of Topliss-reactive ketones (excluding diaryl/α,β-unsaturated/α-hetero) is 2. The average molecular weight is 538 g/mol. The molecule has 3 nitrogen and oxygen atoms in total. The number of benzene rings is 3. The Bertz CT molecular complexity index is 1100. The maximum atomic E-state index is 12.2. The van der Waals surface area contributed by atoms with Crippen LogP contribution in [-0.4, -0.2) is 23.5 Å². The van der Waals surface area contributed by atoms with Crippen LogP contribution in [0.3, 0.4) is 0 Å². The third-order valence-electron chi connectivity index (χ3n) is 6.19. The lowest BCUT2D eigenvalue weighted by Gasteiger charge is -2.11. The van der Waals surface area contributed by atoms with Gasteiger partial charge in [-0.2, -0.15) is 0 Å². The predicted molar refractivity (Wildman–Crippen MR) is 150 cm³/mol. The number of halogens is 1. The standard InChI is InChI=1S/C20H24O2.C11H13BrO/c1-13(2)17-6-8-18(9-7-17)20(21)12-22-19-10-14(3)16(5)15(4)11-19;1-8(2)9-3-5-10(6-4-9)11(13)7-12/h6-11,13H,12H2,1-5H3;3-6,8H,7H2,1-2H3. The maximum Gasteiger partial charge on any atom is 0.200 e. The Balaban J connectivity index is 0.000000283. The lowest BCUT2D eigenvalue weighted by molar-refractivity contribution is 0.0921. The summed E-state index contributed by atoms with van der Waals surface area (Å²) in [6.45, 7) is 14.8. The van der Waals surface area contributed by atoms with E-state index in [9.17, 15) is 9.59 Å². The number of carbonyl (C=O) groups is 2. The number of rotatable bonds is 8. The molecule has 3 aromatic rings. The van der Waals surface area contributed by atoms with Gasteiger partial charge in [0.1, 0.15) is 5.75 Å². The highest BCUT2D eigenvalue weighted by atomic mass is 79.9. The first kappa shape index (κ1) is 28.5. The van der Waals surface area contributed by atoms with E-state index in [2.05, 4.69) is 64.4 Å². The fourth-order valence-corrected chi connectivity index (χ4v) is 3.82. The summed E-state index contributed by atoms with van der Waals surface area (Å²) in [6, 6.07) is 19.6. The van der Waals surface area contributed by atoms with Gasteiger partial charge in [-0.25, -0.2) is 0 Å². The monoisotopic (exact) mass is 536 g/mol. The van der Waals surface area contributed by atoms with Crippen molar-refractivity contribution in [1.29, 1.82) is 0 Å². The molecule has 4 heteroatoms. The molecule has 3 rings (SSSR count). The third-order valence-corrected chi connectivity index (χ3v) is 6.70. The van der Waals surface area contributed by atoms with Gasteiger partial charge in [-0.1, -0.05) is 92.2 Å². The molecule has 0 aliphatic rings. The fraction of sp³-hybridized carbons (Fsp3) is 0.355. The Morgan fingerprint density at radius 2 is 1.11 bits per heavy atom. The molecule has 35 heavy (non-hydrogen) atoms. The van der Waals surface area contributed by atoms with E-state index in [1.165, 1.54) is 27.8 Å². The summed E-state index contributed by atoms with van der Waals surface area (Å²) in [6.07, 6.45) is 0. The minimum absolute atomic E-state index is 0.00573. The molecule has 0 unspecified atom stereocenters. The maximum absolute atomic E-state index is 12.2. The zero-order chi connectivity index (χ0) is 26.1. The molecule has 0 bridgehead atoms. The molecule has 186 valence electrons. The Hall–Kier alpha value is -2.72. The average Bonchev–Trinajstić information content (AvgIpc) is 2.85. The smallest absolute Gasteiger partial charge is 0.200 e. The van der Waals surface area contributed by atoms with Gasteiger partial charge in [0.15, 0.2) is 18.2 Å². The number of hydrogen-bond donors (Lipinski definition) is 0. The topological polar surface area (TPSA) is 43.4 Å². The second-order valence-electron chi connectivity index (χ2n) is 9.50. The summed E-state index contributed by atoms with van der Waals surface area (Å²) < 4.78 is 5.67. The summed E-state index contributed by atoms with van der Waals surface area (Å²) in [7, 11) is 0. The van der Waals surface area contributed by atoms with Gasteiger partial charge in [0.05, 0.1) is 5.33 Å². The van der Waals surface area contributed by atoms with Crippen molar-refractivity contribution in [1.82, 2.24) is 0 Å². The summed E-state index contributed by atoms with van der Waals surface area (Å²) in [5.41, 5.74) is 7.62. The SMILES string of the molecule is CC(C)c1ccc(C(=O)CBr)cc1.Cc1cc(OCC(=O)c2ccc(C(C)C)cc2)cc(C)c1C. The molecule has 0 atom stereocenters. The molecule has 0 fully saturated rings. The summed E-state index contributed by atoms with van der Waals surface area (Å²) in [4.78, 5) is 23.5. The number of hydrogen-bond acceptors (Lipinski definition) is 3. The first-order valence-electron chi connectivity index (χ1n) is 12.1. The number of ether oxygens (including phenoxy) is 1. The molecule has 0 aliphatic heterocycles. The van der Waals surface area contributed by atoms with E-state index in [4.69, 9.17) is 4.74 Å². The molecule has 0 amide bonds. The van der Waals surface area contributed by atoms with Gasteiger partial charge in [0, 0.05) is 11.1 Å². The molecule has 0 heterocycles. The van der Waals surface area contributed by atoms with Gasteiger partial charge >= 0.3 is 0 Å². The molecule has 0 spiro atoms. The Kier molecular flexibility index (Phi) is 10.9. The van der Waals surface area contributed by atoms with Gasteiger partial charge in [0.2, 0.25) is 0 Å². The van der Waals surface area contributed by atoms with E-state index in [0.29, 0.717) is 22.7 Å². The van der Waals surface area contributed by atoms with Crippen LogP contribution >= 0.6 is 15.9 Å². The molecule has 0 aromatic heterocycles. The Morgan fingerprint density at radius 1 is 0.714 bits per heavy atom. The van der Waals surface area contributed by atoms with Crippen molar-refractivity contribution in [2.75, 3.05) is 11.9 Å². The van der Waals surface area contributed by atoms with E-state index < -0.39 is 0 Å². The lowest BCUT2D eigenvalue weighted by Crippen LogP contribution is -2.12. The lowest BCUT2D eigenvalue weighted by atomic mass is 10.0. The van der Waals surface area contributed by atoms with Crippen LogP contribution in [0, 0.1) is 20.8 Å². The van der Waals surface area contributed by atoms with Crippen LogP contribution in [0.4, 0.5) is 0 Å². The summed E-state index contributed by atoms with van der Waals surface area (Å²) in [5, 5.41) is 0.397. The van der Waals surface area contributed by atoms with Crippen molar-refractivity contribution in [2.45, 2.75) is 60.3 Å². The van der Waals surface area contributed by atoms with E-state index in [-0.39, 0.29) is 18.2 Å². The van der Waals surface area contributed by atoms with Crippen molar-refractivity contribution in [2.24, 2.45) is 0 Å². The van der Waals surface area contributed by atoms with Gasteiger partial charge in [-0.3, -0.25) is 9.59 Å². The highest BCUT2D eigenvalue weighted by molar-refractivity contribution is 9.09. The minimum Gasteiger partial charge on any atom is -0.485 e. The second kappa shape index (κ2) is 13.4. The van der Waals surface area contributed by atoms with Gasteiger partial charge in [0.25, 0.3) is 0 Å². The Morgan fingerprint density at radius 3 is 1.49 bits per heavy atom. The predicted octanol–water partition coefficient (Wildman–Crippen LogP) is 8.38. The van der Waals surface area contributed by atoms with Crippen molar-refractivity contribution in [3.63, 3.8) is 0 Å². The molecule has 0 saturated carbocycles. The first-order valence-corrected chi connectivity index (χ1v) is 13.2. The van der Waals surface area contributed by atoms with Crippen molar-refractivity contribution in [3.8, 4) is 5.75 Å². The van der Waals surface area contributed by atoms with Crippen LogP contribution in [0.15, 0.2) is 60.7 Å². The van der Waals surface area contributed by atoms with Crippen LogP contribution in [0.5, 0.6) is 5.75 Å². The normalized spacial score (nSPS) is 10.7. The largest absolute Gasteiger partial charge is 0.485 e. The Labute approximate surface area is 219 Å². The van der Waals surface area contributed by atoms with Crippen molar-refractivity contribution in [3.05, 3.63) is 99.6 Å². The van der Waals surface area contributed by atoms with Gasteiger partial charge in [-0.15, -0.1) is 0 Å². The summed E-state index contributed by atoms with van der Waals surface area (Å²) >= 11 is 3.15. The van der Waals surface area contributed by atoms with Crippen molar-refractivity contribution < 1.29 is 14.3 Å². The molecule has 3 aromatic carbocycles. The zero-order valence-electron chi connectivity index (χ0n) is 21.9. The van der Waals surface area contributed by atoms with Crippen molar-refractivity contribution >= 4 is 27.5 Å². The van der Waals surface area contributed by atoms with E-state index in [1.807, 2.05) is 60.7 Å². The van der Waals surface area contributed by atoms with Crippen LogP contribution in [0.25, 0.3) is 0 Å². The van der Waals surface area contributed by atoms with E-state index >= 15 is 0 Å². The van der Waals surface area contributed by atoms with Crippen LogP contribution in [0.2, 0.25) is 0 Å². The molecular weight excluding hydrogens is 500 g/mol. The second-order valence-corrected chi connectivity index (χ2v) is 10.1. The first-order chi connectivity index (χ1) is 16.5. The molecule has 0 N–H and O–H groups in total. The number of ketones is 2. The number of aryl methyl sites for hydroxylation is 2. The molecular formula is C31H37BrO3. The quantitative estimate of drug-likeness (QED) is 0.214. The molecule has 0 saturated heterocycles. The van der Waals surface area contributed by atoms with Crippen LogP contribution in [0.1, 0.15) is 88.1 Å². The molecule has 0 aliphatic carbocycles. The van der Waals surface area contributed by atoms with E-state index in [0.717, 1.165) is 11.3 Å². The fourth-order valence-electron chi connectivity index (χ4n) is 3.50. The van der Waals surface area contributed by atoms with E-state index in [1.54, 1.807) is 0 Å². The number of alkyl halides is 1. The number of carbonyl (C=O) groups excluding carboxylic acids is 2. The zero-order valence-corrected chi connectivity index (χ0v) is 23.5. The van der Waals surface area contributed by atoms with Gasteiger partial charge < -0.3 is 4.74 Å². The molecule has 0 radical (unpaired) electrons. The third kappa shape index (κ3) is 8.47. The van der Waals surface area contributed by atoms with Crippen LogP contribution < -0.4 is 4.74 Å². The summed E-state index contributed by atoms with van der Waals surface area (Å²) in [5.74, 6) is 1.89. The van der Waals surface area contributed by atoms with Gasteiger partial charge in [-0.05, 0) is 72.6 Å². The minimum atomic E-state index is 0.00573. The highest BCUT2D eigenvalue weighted by Crippen LogP contribution is 2.21.